The monoisotopic (exact) mass is 302 g/mol. The van der Waals surface area contributed by atoms with E-state index in [9.17, 15) is 9.90 Å². The molecule has 4 nitrogen and oxygen atoms in total. The fourth-order valence-corrected chi connectivity index (χ4v) is 3.93. The maximum Gasteiger partial charge on any atom is 0.322 e. The van der Waals surface area contributed by atoms with Crippen molar-refractivity contribution in [1.82, 2.24) is 4.90 Å². The fraction of sp³-hybridized carbons (Fsp3) is 0.611. The Hall–Kier alpha value is -1.55. The smallest absolute Gasteiger partial charge is 0.322 e. The predicted molar refractivity (Wildman–Crippen MR) is 88.1 cm³/mol. The van der Waals surface area contributed by atoms with E-state index in [2.05, 4.69) is 37.4 Å². The van der Waals surface area contributed by atoms with E-state index in [-0.39, 0.29) is 24.2 Å². The van der Waals surface area contributed by atoms with E-state index in [1.165, 1.54) is 11.1 Å². The number of nitrogens with zero attached hydrogens (tertiary/aromatic N) is 1. The van der Waals surface area contributed by atoms with Crippen molar-refractivity contribution in [2.75, 3.05) is 5.32 Å². The third kappa shape index (κ3) is 2.84. The molecule has 2 saturated heterocycles. The molecule has 2 fully saturated rings. The number of benzene rings is 1. The van der Waals surface area contributed by atoms with Crippen LogP contribution >= 0.6 is 0 Å². The van der Waals surface area contributed by atoms with Gasteiger partial charge in [0.15, 0.2) is 0 Å². The van der Waals surface area contributed by atoms with Gasteiger partial charge in [0.1, 0.15) is 0 Å². The molecular formula is C18H26N2O2. The lowest BCUT2D eigenvalue weighted by Gasteiger charge is -2.37. The summed E-state index contributed by atoms with van der Waals surface area (Å²) in [5.74, 6) is 0. The van der Waals surface area contributed by atoms with Crippen molar-refractivity contribution >= 4 is 11.7 Å². The minimum absolute atomic E-state index is 0.00218. The molecule has 4 heteroatoms. The van der Waals surface area contributed by atoms with Crippen LogP contribution in [0.1, 0.15) is 50.7 Å². The number of aryl methyl sites for hydroxylation is 2. The summed E-state index contributed by atoms with van der Waals surface area (Å²) in [6.45, 7) is 4.23. The van der Waals surface area contributed by atoms with Crippen molar-refractivity contribution < 1.29 is 9.90 Å². The van der Waals surface area contributed by atoms with Gasteiger partial charge in [-0.25, -0.2) is 4.79 Å². The van der Waals surface area contributed by atoms with Crippen molar-refractivity contribution in [1.29, 1.82) is 0 Å². The molecule has 0 radical (unpaired) electrons. The van der Waals surface area contributed by atoms with Crippen molar-refractivity contribution in [2.24, 2.45) is 0 Å². The molecule has 1 aromatic rings. The number of anilines is 1. The normalized spacial score (nSPS) is 27.0. The molecule has 2 N–H and O–H groups in total. The summed E-state index contributed by atoms with van der Waals surface area (Å²) in [6, 6.07) is 6.75. The SMILES string of the molecule is CCc1ccc(CC)c(NC(=O)N2C3CCC2CC(O)C3)c1. The third-order valence-corrected chi connectivity index (χ3v) is 5.15. The molecule has 0 aliphatic carbocycles. The zero-order valence-electron chi connectivity index (χ0n) is 13.5. The summed E-state index contributed by atoms with van der Waals surface area (Å²) in [5, 5.41) is 13.0. The first kappa shape index (κ1) is 15.3. The standard InChI is InChI=1S/C18H26N2O2/c1-3-12-5-6-13(4-2)17(9-12)19-18(22)20-14-7-8-15(20)11-16(21)10-14/h5-6,9,14-16,21H,3-4,7-8,10-11H2,1-2H3,(H,19,22). The molecule has 22 heavy (non-hydrogen) atoms. The highest BCUT2D eigenvalue weighted by Gasteiger charge is 2.42. The van der Waals surface area contributed by atoms with Gasteiger partial charge >= 0.3 is 6.03 Å². The second-order valence-corrected chi connectivity index (χ2v) is 6.55. The average Bonchev–Trinajstić information content (AvgIpc) is 2.79. The van der Waals surface area contributed by atoms with Crippen LogP contribution in [0.2, 0.25) is 0 Å². The number of aliphatic hydroxyl groups excluding tert-OH is 1. The largest absolute Gasteiger partial charge is 0.393 e. The molecule has 0 spiro atoms. The summed E-state index contributed by atoms with van der Waals surface area (Å²) in [7, 11) is 0. The van der Waals surface area contributed by atoms with Gasteiger partial charge in [-0.05, 0) is 55.7 Å². The summed E-state index contributed by atoms with van der Waals surface area (Å²) in [4.78, 5) is 14.7. The number of piperidine rings is 1. The number of fused-ring (bicyclic) bond motifs is 2. The minimum Gasteiger partial charge on any atom is -0.393 e. The van der Waals surface area contributed by atoms with E-state index in [4.69, 9.17) is 0 Å². The number of aliphatic hydroxyl groups is 1. The summed E-state index contributed by atoms with van der Waals surface area (Å²) in [5.41, 5.74) is 3.36. The first-order chi connectivity index (χ1) is 10.6. The van der Waals surface area contributed by atoms with Gasteiger partial charge < -0.3 is 15.3 Å². The van der Waals surface area contributed by atoms with Crippen LogP contribution < -0.4 is 5.32 Å². The third-order valence-electron chi connectivity index (χ3n) is 5.15. The van der Waals surface area contributed by atoms with Crippen LogP contribution in [0.25, 0.3) is 0 Å². The van der Waals surface area contributed by atoms with Crippen molar-refractivity contribution in [3.05, 3.63) is 29.3 Å². The Kier molecular flexibility index (Phi) is 4.39. The summed E-state index contributed by atoms with van der Waals surface area (Å²) in [6.07, 6.45) is 5.12. The van der Waals surface area contributed by atoms with Gasteiger partial charge in [-0.2, -0.15) is 0 Å². The first-order valence-electron chi connectivity index (χ1n) is 8.51. The zero-order valence-corrected chi connectivity index (χ0v) is 13.5. The van der Waals surface area contributed by atoms with Crippen LogP contribution in [-0.4, -0.2) is 34.2 Å². The number of urea groups is 1. The molecule has 2 heterocycles. The molecule has 2 atom stereocenters. The second-order valence-electron chi connectivity index (χ2n) is 6.55. The molecule has 0 aromatic heterocycles. The highest BCUT2D eigenvalue weighted by Crippen LogP contribution is 2.36. The quantitative estimate of drug-likeness (QED) is 0.900. The number of amides is 2. The Morgan fingerprint density at radius 3 is 2.50 bits per heavy atom. The van der Waals surface area contributed by atoms with Gasteiger partial charge in [0.25, 0.3) is 0 Å². The number of carbonyl (C=O) groups is 1. The Labute approximate surface area is 132 Å². The molecule has 2 bridgehead atoms. The first-order valence-corrected chi connectivity index (χ1v) is 8.51. The van der Waals surface area contributed by atoms with Crippen LogP contribution in [-0.2, 0) is 12.8 Å². The number of hydrogen-bond acceptors (Lipinski definition) is 2. The van der Waals surface area contributed by atoms with Crippen LogP contribution in [0.5, 0.6) is 0 Å². The van der Waals surface area contributed by atoms with E-state index in [1.54, 1.807) is 0 Å². The van der Waals surface area contributed by atoms with Gasteiger partial charge in [0.2, 0.25) is 0 Å². The van der Waals surface area contributed by atoms with Gasteiger partial charge in [-0.3, -0.25) is 0 Å². The Morgan fingerprint density at radius 1 is 1.23 bits per heavy atom. The lowest BCUT2D eigenvalue weighted by Crippen LogP contribution is -2.49. The van der Waals surface area contributed by atoms with Crippen LogP contribution in [0, 0.1) is 0 Å². The molecular weight excluding hydrogens is 276 g/mol. The molecule has 3 rings (SSSR count). The van der Waals surface area contributed by atoms with E-state index >= 15 is 0 Å². The van der Waals surface area contributed by atoms with Gasteiger partial charge in [0, 0.05) is 17.8 Å². The molecule has 1 aromatic carbocycles. The van der Waals surface area contributed by atoms with E-state index < -0.39 is 0 Å². The van der Waals surface area contributed by atoms with Crippen molar-refractivity contribution in [3.8, 4) is 0 Å². The maximum absolute atomic E-state index is 12.7. The van der Waals surface area contributed by atoms with Crippen molar-refractivity contribution in [3.63, 3.8) is 0 Å². The summed E-state index contributed by atoms with van der Waals surface area (Å²) < 4.78 is 0. The highest BCUT2D eigenvalue weighted by atomic mass is 16.3. The van der Waals surface area contributed by atoms with Gasteiger partial charge in [-0.1, -0.05) is 26.0 Å². The van der Waals surface area contributed by atoms with Crippen LogP contribution in [0.15, 0.2) is 18.2 Å². The van der Waals surface area contributed by atoms with Crippen molar-refractivity contribution in [2.45, 2.75) is 70.6 Å². The molecule has 2 amide bonds. The summed E-state index contributed by atoms with van der Waals surface area (Å²) >= 11 is 0. The number of hydrogen-bond donors (Lipinski definition) is 2. The Balaban J connectivity index is 1.77. The van der Waals surface area contributed by atoms with E-state index in [0.717, 1.165) is 44.2 Å². The minimum atomic E-state index is -0.240. The van der Waals surface area contributed by atoms with E-state index in [0.29, 0.717) is 0 Å². The van der Waals surface area contributed by atoms with Crippen LogP contribution in [0.4, 0.5) is 10.5 Å². The lowest BCUT2D eigenvalue weighted by atomic mass is 10.0. The van der Waals surface area contributed by atoms with Gasteiger partial charge in [0.05, 0.1) is 6.10 Å². The predicted octanol–water partition coefficient (Wildman–Crippen LogP) is 3.33. The topological polar surface area (TPSA) is 52.6 Å². The second kappa shape index (κ2) is 6.29. The number of carbonyl (C=O) groups excluding carboxylic acids is 1. The highest BCUT2D eigenvalue weighted by molar-refractivity contribution is 5.91. The maximum atomic E-state index is 12.7. The Morgan fingerprint density at radius 2 is 1.91 bits per heavy atom. The van der Waals surface area contributed by atoms with Crippen LogP contribution in [0.3, 0.4) is 0 Å². The number of rotatable bonds is 3. The molecule has 2 aliphatic rings. The zero-order chi connectivity index (χ0) is 15.7. The lowest BCUT2D eigenvalue weighted by molar-refractivity contribution is 0.0580. The molecule has 120 valence electrons. The molecule has 2 unspecified atom stereocenters. The number of nitrogens with one attached hydrogen (secondary N) is 1. The Bertz CT molecular complexity index is 544. The molecule has 0 saturated carbocycles. The van der Waals surface area contributed by atoms with E-state index in [1.807, 2.05) is 4.90 Å². The molecule has 2 aliphatic heterocycles. The van der Waals surface area contributed by atoms with Gasteiger partial charge in [-0.15, -0.1) is 0 Å². The average molecular weight is 302 g/mol. The fourth-order valence-electron chi connectivity index (χ4n) is 3.93.